The number of aromatic carboxylic acids is 1. The molecule has 5 nitrogen and oxygen atoms in total. The summed E-state index contributed by atoms with van der Waals surface area (Å²) in [6, 6.07) is 19.1. The average molecular weight is 466 g/mol. The van der Waals surface area contributed by atoms with Crippen molar-refractivity contribution < 1.29 is 9.90 Å². The summed E-state index contributed by atoms with van der Waals surface area (Å²) < 4.78 is 0. The molecular formula is C30H31N3O2. The van der Waals surface area contributed by atoms with Crippen molar-refractivity contribution in [2.24, 2.45) is 0 Å². The first-order valence-electron chi connectivity index (χ1n) is 11.7. The van der Waals surface area contributed by atoms with E-state index >= 15 is 0 Å². The molecule has 0 fully saturated rings. The summed E-state index contributed by atoms with van der Waals surface area (Å²) in [6.45, 7) is 13.0. The minimum Gasteiger partial charge on any atom is -0.478 e. The first-order valence-corrected chi connectivity index (χ1v) is 11.7. The maximum Gasteiger partial charge on any atom is 0.335 e. The highest BCUT2D eigenvalue weighted by Crippen LogP contribution is 2.32. The Kier molecular flexibility index (Phi) is 6.28. The van der Waals surface area contributed by atoms with Gasteiger partial charge in [-0.05, 0) is 81.6 Å². The Labute approximate surface area is 207 Å². The predicted octanol–water partition coefficient (Wildman–Crippen LogP) is 7.17. The van der Waals surface area contributed by atoms with Crippen molar-refractivity contribution in [3.63, 3.8) is 0 Å². The van der Waals surface area contributed by atoms with Crippen molar-refractivity contribution in [1.29, 1.82) is 0 Å². The molecule has 3 aromatic heterocycles. The fraction of sp³-hybridized carbons (Fsp3) is 0.267. The van der Waals surface area contributed by atoms with Gasteiger partial charge in [0, 0.05) is 12.4 Å². The van der Waals surface area contributed by atoms with E-state index in [9.17, 15) is 9.90 Å². The maximum atomic E-state index is 11.3. The van der Waals surface area contributed by atoms with Crippen LogP contribution in [-0.2, 0) is 10.8 Å². The van der Waals surface area contributed by atoms with Crippen LogP contribution in [0.5, 0.6) is 0 Å². The van der Waals surface area contributed by atoms with Gasteiger partial charge in [-0.2, -0.15) is 0 Å². The van der Waals surface area contributed by atoms with Gasteiger partial charge >= 0.3 is 5.97 Å². The van der Waals surface area contributed by atoms with E-state index in [1.54, 1.807) is 12.1 Å². The smallest absolute Gasteiger partial charge is 0.335 e. The molecule has 4 aromatic rings. The van der Waals surface area contributed by atoms with Gasteiger partial charge in [-0.3, -0.25) is 9.97 Å². The molecule has 0 aliphatic rings. The molecule has 0 unspecified atom stereocenters. The molecule has 0 radical (unpaired) electrons. The number of pyridine rings is 3. The largest absolute Gasteiger partial charge is 0.478 e. The van der Waals surface area contributed by atoms with Gasteiger partial charge in [0.05, 0.1) is 28.3 Å². The molecule has 1 aromatic carbocycles. The molecule has 35 heavy (non-hydrogen) atoms. The Balaban J connectivity index is 1.91. The van der Waals surface area contributed by atoms with Crippen LogP contribution < -0.4 is 0 Å². The number of benzene rings is 1. The molecule has 0 aliphatic carbocycles. The Bertz CT molecular complexity index is 1300. The lowest BCUT2D eigenvalue weighted by Gasteiger charge is -2.20. The molecule has 5 heteroatoms. The van der Waals surface area contributed by atoms with Crippen LogP contribution in [0.3, 0.4) is 0 Å². The van der Waals surface area contributed by atoms with E-state index in [2.05, 4.69) is 63.6 Å². The van der Waals surface area contributed by atoms with Crippen LogP contribution in [0.2, 0.25) is 0 Å². The molecule has 0 amide bonds. The Morgan fingerprint density at radius 3 is 1.49 bits per heavy atom. The first-order chi connectivity index (χ1) is 16.4. The van der Waals surface area contributed by atoms with Crippen LogP contribution in [0.4, 0.5) is 0 Å². The lowest BCUT2D eigenvalue weighted by molar-refractivity contribution is 0.0697. The number of carboxylic acid groups (broad SMARTS) is 1. The standard InChI is InChI=1S/C30H31N3O2/c1-29(2,3)22-11-13-31-24(17-22)26-15-21(19-7-9-20(10-8-19)28(34)35)16-27(33-26)25-18-23(12-14-32-25)30(4,5)6/h7-18H,1-6H3,(H,34,35). The highest BCUT2D eigenvalue weighted by atomic mass is 16.4. The summed E-state index contributed by atoms with van der Waals surface area (Å²) in [5.41, 5.74) is 7.45. The molecular weight excluding hydrogens is 434 g/mol. The highest BCUT2D eigenvalue weighted by molar-refractivity contribution is 5.88. The van der Waals surface area contributed by atoms with E-state index in [1.165, 1.54) is 11.1 Å². The molecule has 0 aliphatic heterocycles. The van der Waals surface area contributed by atoms with E-state index in [0.29, 0.717) is 0 Å². The van der Waals surface area contributed by atoms with Crippen molar-refractivity contribution in [3.05, 3.63) is 89.7 Å². The van der Waals surface area contributed by atoms with E-state index in [4.69, 9.17) is 4.98 Å². The first kappa shape index (κ1) is 24.3. The second kappa shape index (κ2) is 9.06. The van der Waals surface area contributed by atoms with Crippen LogP contribution in [0.15, 0.2) is 73.1 Å². The Morgan fingerprint density at radius 2 is 1.09 bits per heavy atom. The minimum atomic E-state index is -0.945. The Hall–Kier alpha value is -3.86. The van der Waals surface area contributed by atoms with Gasteiger partial charge in [-0.15, -0.1) is 0 Å². The summed E-state index contributed by atoms with van der Waals surface area (Å²) >= 11 is 0. The lowest BCUT2D eigenvalue weighted by atomic mass is 9.87. The van der Waals surface area contributed by atoms with Crippen LogP contribution in [0, 0.1) is 0 Å². The van der Waals surface area contributed by atoms with Crippen molar-refractivity contribution in [1.82, 2.24) is 15.0 Å². The van der Waals surface area contributed by atoms with Gasteiger partial charge in [0.15, 0.2) is 0 Å². The van der Waals surface area contributed by atoms with Crippen LogP contribution in [0.25, 0.3) is 33.9 Å². The van der Waals surface area contributed by atoms with Gasteiger partial charge in [0.2, 0.25) is 0 Å². The van der Waals surface area contributed by atoms with Crippen LogP contribution >= 0.6 is 0 Å². The molecule has 1 N–H and O–H groups in total. The van der Waals surface area contributed by atoms with E-state index in [0.717, 1.165) is 33.9 Å². The fourth-order valence-corrected chi connectivity index (χ4v) is 3.84. The van der Waals surface area contributed by atoms with Crippen molar-refractivity contribution in [2.45, 2.75) is 52.4 Å². The lowest BCUT2D eigenvalue weighted by Crippen LogP contribution is -2.11. The normalized spacial score (nSPS) is 11.9. The summed E-state index contributed by atoms with van der Waals surface area (Å²) in [7, 11) is 0. The van der Waals surface area contributed by atoms with Gasteiger partial charge in [0.1, 0.15) is 0 Å². The summed E-state index contributed by atoms with van der Waals surface area (Å²) in [5.74, 6) is -0.945. The third kappa shape index (κ3) is 5.46. The minimum absolute atomic E-state index is 0.0204. The molecule has 178 valence electrons. The van der Waals surface area contributed by atoms with Crippen molar-refractivity contribution in [3.8, 4) is 33.9 Å². The number of rotatable bonds is 4. The number of hydrogen-bond donors (Lipinski definition) is 1. The molecule has 0 saturated heterocycles. The van der Waals surface area contributed by atoms with Crippen molar-refractivity contribution in [2.75, 3.05) is 0 Å². The number of nitrogens with zero attached hydrogens (tertiary/aromatic N) is 3. The zero-order chi connectivity index (χ0) is 25.4. The van der Waals surface area contributed by atoms with E-state index in [1.807, 2.05) is 48.8 Å². The van der Waals surface area contributed by atoms with Gasteiger partial charge in [-0.25, -0.2) is 9.78 Å². The third-order valence-electron chi connectivity index (χ3n) is 6.07. The van der Waals surface area contributed by atoms with Crippen molar-refractivity contribution >= 4 is 5.97 Å². The van der Waals surface area contributed by atoms with Gasteiger partial charge in [-0.1, -0.05) is 53.7 Å². The van der Waals surface area contributed by atoms with Gasteiger partial charge < -0.3 is 5.11 Å². The molecule has 3 heterocycles. The topological polar surface area (TPSA) is 76.0 Å². The monoisotopic (exact) mass is 465 g/mol. The fourth-order valence-electron chi connectivity index (χ4n) is 3.84. The van der Waals surface area contributed by atoms with Crippen LogP contribution in [0.1, 0.15) is 63.0 Å². The third-order valence-corrected chi connectivity index (χ3v) is 6.07. The zero-order valence-electron chi connectivity index (χ0n) is 21.1. The number of carboxylic acids is 1. The number of carbonyl (C=O) groups is 1. The molecule has 0 atom stereocenters. The maximum absolute atomic E-state index is 11.3. The highest BCUT2D eigenvalue weighted by Gasteiger charge is 2.18. The zero-order valence-corrected chi connectivity index (χ0v) is 21.1. The molecule has 4 rings (SSSR count). The number of hydrogen-bond acceptors (Lipinski definition) is 4. The quantitative estimate of drug-likeness (QED) is 0.346. The summed E-state index contributed by atoms with van der Waals surface area (Å²) in [5, 5.41) is 9.29. The van der Waals surface area contributed by atoms with E-state index < -0.39 is 5.97 Å². The predicted molar refractivity (Wildman–Crippen MR) is 140 cm³/mol. The summed E-state index contributed by atoms with van der Waals surface area (Å²) in [6.07, 6.45) is 3.65. The molecule has 0 bridgehead atoms. The summed E-state index contributed by atoms with van der Waals surface area (Å²) in [4.78, 5) is 25.6. The van der Waals surface area contributed by atoms with Crippen LogP contribution in [-0.4, -0.2) is 26.0 Å². The van der Waals surface area contributed by atoms with E-state index in [-0.39, 0.29) is 16.4 Å². The second-order valence-electron chi connectivity index (χ2n) is 10.9. The number of aromatic nitrogens is 3. The molecule has 0 saturated carbocycles. The molecule has 0 spiro atoms. The second-order valence-corrected chi connectivity index (χ2v) is 10.9. The average Bonchev–Trinajstić information content (AvgIpc) is 2.83. The van der Waals surface area contributed by atoms with Gasteiger partial charge in [0.25, 0.3) is 0 Å². The Morgan fingerprint density at radius 1 is 0.629 bits per heavy atom. The SMILES string of the molecule is CC(C)(C)c1ccnc(-c2cc(-c3ccc(C(=O)O)cc3)cc(-c3cc(C(C)(C)C)ccn3)n2)c1.